The highest BCUT2D eigenvalue weighted by atomic mass is 35.5. The Bertz CT molecular complexity index is 777. The molecule has 0 heterocycles. The van der Waals surface area contributed by atoms with Crippen LogP contribution in [0.15, 0.2) is 36.4 Å². The van der Waals surface area contributed by atoms with Crippen molar-refractivity contribution in [2.45, 2.75) is 6.92 Å². The molecule has 126 valence electrons. The number of ether oxygens (including phenoxy) is 2. The van der Waals surface area contributed by atoms with Gasteiger partial charge in [0.2, 0.25) is 0 Å². The normalized spacial score (nSPS) is 10.0. The van der Waals surface area contributed by atoms with Gasteiger partial charge in [-0.1, -0.05) is 17.7 Å². The maximum atomic E-state index is 12.2. The van der Waals surface area contributed by atoms with E-state index in [1.807, 2.05) is 6.92 Å². The zero-order valence-electron chi connectivity index (χ0n) is 13.5. The summed E-state index contributed by atoms with van der Waals surface area (Å²) in [6, 6.07) is 9.63. The molecule has 0 spiro atoms. The van der Waals surface area contributed by atoms with E-state index in [1.54, 1.807) is 30.3 Å². The van der Waals surface area contributed by atoms with Crippen LogP contribution in [0.4, 0.5) is 0 Å². The van der Waals surface area contributed by atoms with E-state index in [-0.39, 0.29) is 5.56 Å². The van der Waals surface area contributed by atoms with E-state index in [0.29, 0.717) is 22.1 Å². The van der Waals surface area contributed by atoms with Crippen LogP contribution in [-0.2, 0) is 0 Å². The van der Waals surface area contributed by atoms with Gasteiger partial charge in [0, 0.05) is 10.6 Å². The highest BCUT2D eigenvalue weighted by molar-refractivity contribution is 6.31. The predicted octanol–water partition coefficient (Wildman–Crippen LogP) is 2.74. The molecule has 0 aliphatic heterocycles. The smallest absolute Gasteiger partial charge is 0.273 e. The number of carbonyl (C=O) groups is 2. The molecule has 6 nitrogen and oxygen atoms in total. The number of methoxy groups -OCH3 is 2. The first-order valence-electron chi connectivity index (χ1n) is 7.05. The summed E-state index contributed by atoms with van der Waals surface area (Å²) in [7, 11) is 2.97. The third-order valence-corrected chi connectivity index (χ3v) is 3.60. The average molecular weight is 349 g/mol. The molecule has 0 saturated heterocycles. The summed E-state index contributed by atoms with van der Waals surface area (Å²) < 4.78 is 10.3. The molecule has 2 aromatic carbocycles. The van der Waals surface area contributed by atoms with E-state index in [9.17, 15) is 9.59 Å². The SMILES string of the molecule is COc1cc(C(=O)NNC(=O)c2cc(Cl)ccc2OC)ccc1C. The fourth-order valence-corrected chi connectivity index (χ4v) is 2.24. The van der Waals surface area contributed by atoms with E-state index in [1.165, 1.54) is 20.3 Å². The summed E-state index contributed by atoms with van der Waals surface area (Å²) in [6.07, 6.45) is 0. The first kappa shape index (κ1) is 17.6. The molecule has 0 saturated carbocycles. The van der Waals surface area contributed by atoms with E-state index in [0.717, 1.165) is 5.56 Å². The van der Waals surface area contributed by atoms with Crippen molar-refractivity contribution in [2.75, 3.05) is 14.2 Å². The number of benzene rings is 2. The molecule has 0 bridgehead atoms. The fourth-order valence-electron chi connectivity index (χ4n) is 2.07. The van der Waals surface area contributed by atoms with Crippen molar-refractivity contribution in [2.24, 2.45) is 0 Å². The summed E-state index contributed by atoms with van der Waals surface area (Å²) in [5.41, 5.74) is 6.16. The van der Waals surface area contributed by atoms with E-state index in [4.69, 9.17) is 21.1 Å². The molecule has 0 aromatic heterocycles. The zero-order valence-corrected chi connectivity index (χ0v) is 14.2. The summed E-state index contributed by atoms with van der Waals surface area (Å²) in [4.78, 5) is 24.3. The van der Waals surface area contributed by atoms with Gasteiger partial charge in [0.1, 0.15) is 11.5 Å². The van der Waals surface area contributed by atoms with Gasteiger partial charge in [-0.15, -0.1) is 0 Å². The summed E-state index contributed by atoms with van der Waals surface area (Å²) in [6.45, 7) is 1.87. The monoisotopic (exact) mass is 348 g/mol. The largest absolute Gasteiger partial charge is 0.496 e. The average Bonchev–Trinajstić information content (AvgIpc) is 2.59. The van der Waals surface area contributed by atoms with Gasteiger partial charge in [-0.05, 0) is 42.8 Å². The Labute approximate surface area is 144 Å². The Balaban J connectivity index is 2.09. The summed E-state index contributed by atoms with van der Waals surface area (Å²) >= 11 is 5.89. The number of halogens is 1. The van der Waals surface area contributed by atoms with Gasteiger partial charge in [0.25, 0.3) is 11.8 Å². The number of hydrogen-bond donors (Lipinski definition) is 2. The van der Waals surface area contributed by atoms with Crippen LogP contribution >= 0.6 is 11.6 Å². The number of hydrogen-bond acceptors (Lipinski definition) is 4. The molecule has 0 radical (unpaired) electrons. The Hall–Kier alpha value is -2.73. The Morgan fingerprint density at radius 3 is 2.25 bits per heavy atom. The molecular formula is C17H17ClN2O4. The molecule has 2 aromatic rings. The standard InChI is InChI=1S/C17H17ClN2O4/c1-10-4-5-11(8-15(10)24-3)16(21)19-20-17(22)13-9-12(18)6-7-14(13)23-2/h4-9H,1-3H3,(H,19,21)(H,20,22). The maximum absolute atomic E-state index is 12.2. The van der Waals surface area contributed by atoms with Crippen LogP contribution in [0.25, 0.3) is 0 Å². The third kappa shape index (κ3) is 3.97. The summed E-state index contributed by atoms with van der Waals surface area (Å²) in [5.74, 6) is -0.0712. The Morgan fingerprint density at radius 2 is 1.58 bits per heavy atom. The number of rotatable bonds is 4. The van der Waals surface area contributed by atoms with Gasteiger partial charge in [0.15, 0.2) is 0 Å². The van der Waals surface area contributed by atoms with Crippen molar-refractivity contribution in [3.8, 4) is 11.5 Å². The molecule has 24 heavy (non-hydrogen) atoms. The van der Waals surface area contributed by atoms with Gasteiger partial charge in [-0.3, -0.25) is 20.4 Å². The molecule has 0 atom stereocenters. The highest BCUT2D eigenvalue weighted by Gasteiger charge is 2.15. The zero-order chi connectivity index (χ0) is 17.7. The second-order valence-corrected chi connectivity index (χ2v) is 5.37. The Kier molecular flexibility index (Phi) is 5.65. The summed E-state index contributed by atoms with van der Waals surface area (Å²) in [5, 5.41) is 0.385. The van der Waals surface area contributed by atoms with Crippen LogP contribution < -0.4 is 20.3 Å². The molecule has 2 N–H and O–H groups in total. The van der Waals surface area contributed by atoms with Crippen molar-refractivity contribution in [3.05, 3.63) is 58.1 Å². The van der Waals surface area contributed by atoms with Crippen molar-refractivity contribution in [1.29, 1.82) is 0 Å². The Morgan fingerprint density at radius 1 is 0.917 bits per heavy atom. The quantitative estimate of drug-likeness (QED) is 0.833. The van der Waals surface area contributed by atoms with Gasteiger partial charge < -0.3 is 9.47 Å². The lowest BCUT2D eigenvalue weighted by Crippen LogP contribution is -2.41. The van der Waals surface area contributed by atoms with Crippen LogP contribution in [0, 0.1) is 6.92 Å². The lowest BCUT2D eigenvalue weighted by Gasteiger charge is -2.11. The number of hydrazine groups is 1. The molecule has 0 unspecified atom stereocenters. The van der Waals surface area contributed by atoms with Crippen molar-refractivity contribution in [3.63, 3.8) is 0 Å². The maximum Gasteiger partial charge on any atom is 0.273 e. The van der Waals surface area contributed by atoms with Gasteiger partial charge in [-0.2, -0.15) is 0 Å². The first-order chi connectivity index (χ1) is 11.5. The van der Waals surface area contributed by atoms with Gasteiger partial charge >= 0.3 is 0 Å². The van der Waals surface area contributed by atoms with Crippen LogP contribution in [0.5, 0.6) is 11.5 Å². The van der Waals surface area contributed by atoms with Crippen molar-refractivity contribution in [1.82, 2.24) is 10.9 Å². The van der Waals surface area contributed by atoms with Crippen LogP contribution in [-0.4, -0.2) is 26.0 Å². The lowest BCUT2D eigenvalue weighted by atomic mass is 10.1. The van der Waals surface area contributed by atoms with E-state index < -0.39 is 11.8 Å². The number of aryl methyl sites for hydroxylation is 1. The minimum atomic E-state index is -0.540. The minimum Gasteiger partial charge on any atom is -0.496 e. The van der Waals surface area contributed by atoms with Crippen LogP contribution in [0.2, 0.25) is 5.02 Å². The number of carbonyl (C=O) groups excluding carboxylic acids is 2. The highest BCUT2D eigenvalue weighted by Crippen LogP contribution is 2.22. The molecular weight excluding hydrogens is 332 g/mol. The molecule has 0 fully saturated rings. The molecule has 0 aliphatic rings. The van der Waals surface area contributed by atoms with Gasteiger partial charge in [-0.25, -0.2) is 0 Å². The van der Waals surface area contributed by atoms with Crippen molar-refractivity contribution < 1.29 is 19.1 Å². The molecule has 2 amide bonds. The second kappa shape index (κ2) is 7.70. The predicted molar refractivity (Wildman–Crippen MR) is 90.7 cm³/mol. The van der Waals surface area contributed by atoms with E-state index in [2.05, 4.69) is 10.9 Å². The molecule has 2 rings (SSSR count). The minimum absolute atomic E-state index is 0.215. The number of nitrogens with one attached hydrogen (secondary N) is 2. The fraction of sp³-hybridized carbons (Fsp3) is 0.176. The molecule has 0 aliphatic carbocycles. The molecule has 7 heteroatoms. The van der Waals surface area contributed by atoms with Crippen LogP contribution in [0.1, 0.15) is 26.3 Å². The van der Waals surface area contributed by atoms with Gasteiger partial charge in [0.05, 0.1) is 19.8 Å². The van der Waals surface area contributed by atoms with Crippen molar-refractivity contribution >= 4 is 23.4 Å². The van der Waals surface area contributed by atoms with E-state index >= 15 is 0 Å². The second-order valence-electron chi connectivity index (χ2n) is 4.94. The topological polar surface area (TPSA) is 76.7 Å². The third-order valence-electron chi connectivity index (χ3n) is 3.37. The first-order valence-corrected chi connectivity index (χ1v) is 7.43. The number of amides is 2. The lowest BCUT2D eigenvalue weighted by molar-refractivity contribution is 0.0845. The van der Waals surface area contributed by atoms with Crippen LogP contribution in [0.3, 0.4) is 0 Å².